The molecule has 7 heteroatoms. The monoisotopic (exact) mass is 371 g/mol. The third-order valence-electron chi connectivity index (χ3n) is 6.21. The van der Waals surface area contributed by atoms with Gasteiger partial charge in [0.15, 0.2) is 0 Å². The largest absolute Gasteiger partial charge is 0.345 e. The predicted octanol–water partition coefficient (Wildman–Crippen LogP) is 2.51. The minimum absolute atomic E-state index is 0.0121. The number of amides is 1. The van der Waals surface area contributed by atoms with Gasteiger partial charge in [-0.15, -0.1) is 11.3 Å². The molecule has 1 saturated carbocycles. The van der Waals surface area contributed by atoms with Gasteiger partial charge in [0.1, 0.15) is 12.2 Å². The van der Waals surface area contributed by atoms with Gasteiger partial charge in [-0.1, -0.05) is 0 Å². The number of carbonyl (C=O) groups excluding carboxylic acids is 1. The molecule has 2 aliphatic heterocycles. The lowest BCUT2D eigenvalue weighted by Gasteiger charge is -2.41. The van der Waals surface area contributed by atoms with Crippen LogP contribution in [0.2, 0.25) is 0 Å². The van der Waals surface area contributed by atoms with E-state index in [1.807, 2.05) is 16.0 Å². The van der Waals surface area contributed by atoms with Crippen molar-refractivity contribution in [3.63, 3.8) is 0 Å². The van der Waals surface area contributed by atoms with Crippen molar-refractivity contribution in [1.82, 2.24) is 25.0 Å². The van der Waals surface area contributed by atoms with E-state index in [1.54, 1.807) is 6.33 Å². The second kappa shape index (κ2) is 6.16. The molecule has 2 atom stereocenters. The van der Waals surface area contributed by atoms with Crippen LogP contribution in [0.1, 0.15) is 47.3 Å². The Hall–Kier alpha value is -1.73. The first-order chi connectivity index (χ1) is 12.6. The summed E-state index contributed by atoms with van der Waals surface area (Å²) in [6, 6.07) is 4.43. The van der Waals surface area contributed by atoms with E-state index in [0.717, 1.165) is 57.7 Å². The maximum Gasteiger partial charge on any atom is 0.223 e. The number of nitrogens with zero attached hydrogens (tertiary/aromatic N) is 4. The molecule has 1 saturated heterocycles. The van der Waals surface area contributed by atoms with Gasteiger partial charge < -0.3 is 5.32 Å². The lowest BCUT2D eigenvalue weighted by molar-refractivity contribution is -0.124. The summed E-state index contributed by atoms with van der Waals surface area (Å²) in [6.45, 7) is 6.18. The molecule has 2 aromatic heterocycles. The Kier molecular flexibility index (Phi) is 3.90. The highest BCUT2D eigenvalue weighted by molar-refractivity contribution is 7.11. The zero-order valence-corrected chi connectivity index (χ0v) is 16.0. The minimum Gasteiger partial charge on any atom is -0.345 e. The highest BCUT2D eigenvalue weighted by Gasteiger charge is 2.50. The number of carbonyl (C=O) groups is 1. The molecule has 0 aromatic carbocycles. The third kappa shape index (κ3) is 2.87. The fourth-order valence-corrected chi connectivity index (χ4v) is 5.52. The van der Waals surface area contributed by atoms with Crippen molar-refractivity contribution in [3.05, 3.63) is 34.0 Å². The zero-order chi connectivity index (χ0) is 17.7. The van der Waals surface area contributed by atoms with E-state index in [4.69, 9.17) is 0 Å². The second-order valence-electron chi connectivity index (χ2n) is 8.14. The highest BCUT2D eigenvalue weighted by Crippen LogP contribution is 2.48. The summed E-state index contributed by atoms with van der Waals surface area (Å²) in [7, 11) is 0. The summed E-state index contributed by atoms with van der Waals surface area (Å²) in [4.78, 5) is 22.4. The van der Waals surface area contributed by atoms with Crippen molar-refractivity contribution in [1.29, 1.82) is 0 Å². The first kappa shape index (κ1) is 16.4. The van der Waals surface area contributed by atoms with Crippen molar-refractivity contribution in [3.8, 4) is 0 Å². The average molecular weight is 372 g/mol. The molecule has 2 aromatic rings. The number of hydrogen-bond donors (Lipinski definition) is 1. The van der Waals surface area contributed by atoms with E-state index < -0.39 is 0 Å². The number of likely N-dealkylation sites (tertiary alicyclic amines) is 1. The molecule has 0 bridgehead atoms. The maximum atomic E-state index is 12.5. The molecule has 1 spiro atoms. The van der Waals surface area contributed by atoms with Crippen LogP contribution in [-0.2, 0) is 17.9 Å². The topological polar surface area (TPSA) is 63.1 Å². The Morgan fingerprint density at radius 2 is 2.19 bits per heavy atom. The van der Waals surface area contributed by atoms with Crippen molar-refractivity contribution in [2.24, 2.45) is 11.3 Å². The Morgan fingerprint density at radius 3 is 2.96 bits per heavy atom. The van der Waals surface area contributed by atoms with E-state index in [0.29, 0.717) is 0 Å². The van der Waals surface area contributed by atoms with Crippen LogP contribution in [0, 0.1) is 18.3 Å². The molecule has 5 rings (SSSR count). The predicted molar refractivity (Wildman–Crippen MR) is 99.6 cm³/mol. The standard InChI is InChI=1S/C19H25N5OS/c1-13-2-5-15(26-13)10-23-8-6-19(11-23)7-9-24-17(20-12-21-24)16(19)22-18(25)14-3-4-14/h2,5,12,14,16H,3-4,6-11H2,1H3,(H,22,25)/t16-,19-/m1/s1. The van der Waals surface area contributed by atoms with Gasteiger partial charge in [-0.2, -0.15) is 5.10 Å². The van der Waals surface area contributed by atoms with Crippen molar-refractivity contribution in [2.45, 2.75) is 51.7 Å². The molecule has 4 heterocycles. The Morgan fingerprint density at radius 1 is 1.35 bits per heavy atom. The second-order valence-corrected chi connectivity index (χ2v) is 9.52. The van der Waals surface area contributed by atoms with Gasteiger partial charge in [-0.05, 0) is 51.3 Å². The molecule has 26 heavy (non-hydrogen) atoms. The van der Waals surface area contributed by atoms with Gasteiger partial charge >= 0.3 is 0 Å². The number of aromatic nitrogens is 3. The molecule has 0 unspecified atom stereocenters. The molecule has 3 aliphatic rings. The molecular weight excluding hydrogens is 346 g/mol. The summed E-state index contributed by atoms with van der Waals surface area (Å²) in [6.07, 6.45) is 5.86. The van der Waals surface area contributed by atoms with E-state index in [9.17, 15) is 4.79 Å². The number of rotatable bonds is 4. The van der Waals surface area contributed by atoms with Crippen LogP contribution >= 0.6 is 11.3 Å². The van der Waals surface area contributed by atoms with Crippen LogP contribution in [-0.4, -0.2) is 38.7 Å². The summed E-state index contributed by atoms with van der Waals surface area (Å²) < 4.78 is 1.98. The quantitative estimate of drug-likeness (QED) is 0.897. The highest BCUT2D eigenvalue weighted by atomic mass is 32.1. The number of hydrogen-bond acceptors (Lipinski definition) is 5. The lowest BCUT2D eigenvalue weighted by atomic mass is 9.74. The van der Waals surface area contributed by atoms with Crippen molar-refractivity contribution < 1.29 is 4.79 Å². The molecule has 1 N–H and O–H groups in total. The molecule has 0 radical (unpaired) electrons. The smallest absolute Gasteiger partial charge is 0.223 e. The molecule has 6 nitrogen and oxygen atoms in total. The number of thiophene rings is 1. The Labute approximate surface area is 157 Å². The van der Waals surface area contributed by atoms with E-state index in [1.165, 1.54) is 9.75 Å². The van der Waals surface area contributed by atoms with Crippen molar-refractivity contribution >= 4 is 17.2 Å². The first-order valence-corrected chi connectivity index (χ1v) is 10.4. The zero-order valence-electron chi connectivity index (χ0n) is 15.1. The summed E-state index contributed by atoms with van der Waals surface area (Å²) in [5.74, 6) is 1.37. The number of fused-ring (bicyclic) bond motifs is 1. The first-order valence-electron chi connectivity index (χ1n) is 9.59. The van der Waals surface area contributed by atoms with Crippen LogP contribution in [0.15, 0.2) is 18.5 Å². The molecule has 1 aliphatic carbocycles. The number of nitrogens with one attached hydrogen (secondary N) is 1. The SMILES string of the molecule is Cc1ccc(CN2CC[C@@]3(CCn4ncnc4[C@H]3NC(=O)C3CC3)C2)s1. The number of aryl methyl sites for hydroxylation is 2. The van der Waals surface area contributed by atoms with Crippen LogP contribution < -0.4 is 5.32 Å². The Balaban J connectivity index is 1.38. The van der Waals surface area contributed by atoms with Crippen LogP contribution in [0.3, 0.4) is 0 Å². The molecule has 138 valence electrons. The van der Waals surface area contributed by atoms with Gasteiger partial charge in [0.05, 0.1) is 6.04 Å². The Bertz CT molecular complexity index is 826. The summed E-state index contributed by atoms with van der Waals surface area (Å²) in [5, 5.41) is 7.72. The van der Waals surface area contributed by atoms with Crippen LogP contribution in [0.4, 0.5) is 0 Å². The van der Waals surface area contributed by atoms with Crippen molar-refractivity contribution in [2.75, 3.05) is 13.1 Å². The van der Waals surface area contributed by atoms with Crippen LogP contribution in [0.5, 0.6) is 0 Å². The van der Waals surface area contributed by atoms with Gasteiger partial charge in [-0.25, -0.2) is 9.67 Å². The van der Waals surface area contributed by atoms with Gasteiger partial charge in [-0.3, -0.25) is 9.69 Å². The molecule has 1 amide bonds. The fraction of sp³-hybridized carbons (Fsp3) is 0.632. The maximum absolute atomic E-state index is 12.5. The molecular formula is C19H25N5OS. The lowest BCUT2D eigenvalue weighted by Crippen LogP contribution is -2.47. The van der Waals surface area contributed by atoms with Gasteiger partial charge in [0, 0.05) is 40.7 Å². The van der Waals surface area contributed by atoms with Gasteiger partial charge in [0.25, 0.3) is 0 Å². The normalized spacial score (nSPS) is 28.4. The van der Waals surface area contributed by atoms with Gasteiger partial charge in [0.2, 0.25) is 5.91 Å². The average Bonchev–Trinajstić information content (AvgIpc) is 3.03. The fourth-order valence-electron chi connectivity index (χ4n) is 4.59. The summed E-state index contributed by atoms with van der Waals surface area (Å²) in [5.41, 5.74) is 0.0832. The van der Waals surface area contributed by atoms with E-state index in [2.05, 4.69) is 39.4 Å². The third-order valence-corrected chi connectivity index (χ3v) is 7.20. The minimum atomic E-state index is -0.0121. The van der Waals surface area contributed by atoms with Crippen LogP contribution in [0.25, 0.3) is 0 Å². The summed E-state index contributed by atoms with van der Waals surface area (Å²) >= 11 is 1.89. The van der Waals surface area contributed by atoms with E-state index in [-0.39, 0.29) is 23.3 Å². The van der Waals surface area contributed by atoms with E-state index >= 15 is 0 Å². The molecule has 2 fully saturated rings.